The Morgan fingerprint density at radius 1 is 0.383 bits per heavy atom. The van der Waals surface area contributed by atoms with E-state index in [1.807, 2.05) is 0 Å². The molecule has 3 aromatic heterocycles. The third-order valence-corrected chi connectivity index (χ3v) is 14.3. The molecule has 0 atom stereocenters. The number of fused-ring (bicyclic) bond motifs is 6. The first-order valence-corrected chi connectivity index (χ1v) is 21.7. The fourth-order valence-corrected chi connectivity index (χ4v) is 12.4. The van der Waals surface area contributed by atoms with Crippen molar-refractivity contribution in [1.29, 1.82) is 0 Å². The van der Waals surface area contributed by atoms with E-state index >= 15 is 0 Å². The molecule has 0 unspecified atom stereocenters. The molecule has 10 aromatic rings. The zero-order valence-electron chi connectivity index (χ0n) is 33.4. The lowest BCUT2D eigenvalue weighted by Gasteiger charge is -2.58. The number of aromatic nitrogens is 5. The largest absolute Gasteiger partial charge is 0.278 e. The van der Waals surface area contributed by atoms with Crippen molar-refractivity contribution in [3.05, 3.63) is 175 Å². The second-order valence-corrected chi connectivity index (χ2v) is 17.9. The van der Waals surface area contributed by atoms with E-state index < -0.39 is 0 Å². The summed E-state index contributed by atoms with van der Waals surface area (Å²) in [6, 6.07) is 61.5. The minimum absolute atomic E-state index is 0.144. The molecule has 7 aromatic carbocycles. The molecule has 4 saturated carbocycles. The molecule has 4 bridgehead atoms. The maximum atomic E-state index is 5.54. The van der Waals surface area contributed by atoms with Gasteiger partial charge in [0.05, 0.1) is 22.1 Å². The molecule has 288 valence electrons. The predicted molar refractivity (Wildman–Crippen MR) is 245 cm³/mol. The Kier molecular flexibility index (Phi) is 7.42. The normalized spacial score (nSPS) is 20.8. The van der Waals surface area contributed by atoms with Crippen LogP contribution in [0.3, 0.4) is 0 Å². The number of hydrogen-bond acceptors (Lipinski definition) is 3. The quantitative estimate of drug-likeness (QED) is 0.169. The van der Waals surface area contributed by atoms with Gasteiger partial charge in [0.2, 0.25) is 11.9 Å². The lowest BCUT2D eigenvalue weighted by atomic mass is 9.47. The van der Waals surface area contributed by atoms with E-state index in [0.29, 0.717) is 17.7 Å². The van der Waals surface area contributed by atoms with E-state index in [2.05, 4.69) is 179 Å². The molecule has 0 N–H and O–H groups in total. The molecule has 60 heavy (non-hydrogen) atoms. The van der Waals surface area contributed by atoms with Crippen molar-refractivity contribution in [1.82, 2.24) is 24.1 Å². The molecule has 0 amide bonds. The summed E-state index contributed by atoms with van der Waals surface area (Å²) in [5.74, 6) is 4.30. The Labute approximate surface area is 349 Å². The molecule has 0 aliphatic heterocycles. The minimum atomic E-state index is 0.144. The van der Waals surface area contributed by atoms with Gasteiger partial charge >= 0.3 is 0 Å². The fraction of sp³-hybridized carbons (Fsp3) is 0.182. The van der Waals surface area contributed by atoms with Gasteiger partial charge in [-0.3, -0.25) is 9.13 Å². The molecule has 5 nitrogen and oxygen atoms in total. The van der Waals surface area contributed by atoms with Crippen molar-refractivity contribution in [2.24, 2.45) is 17.8 Å². The van der Waals surface area contributed by atoms with Crippen LogP contribution in [0.4, 0.5) is 0 Å². The van der Waals surface area contributed by atoms with E-state index in [4.69, 9.17) is 15.0 Å². The Hall–Kier alpha value is -6.85. The van der Waals surface area contributed by atoms with Crippen LogP contribution in [0.1, 0.15) is 44.1 Å². The van der Waals surface area contributed by atoms with Crippen LogP contribution in [0.2, 0.25) is 0 Å². The standard InChI is InChI=1S/C55H43N5/c1-3-15-38(16-4-1)45-30-40(31-46(39-17-5-2-6-18-39)51(45)55-32-35-27-36(33-55)29-37(28-35)34-55)52-56-53(59-47-23-11-7-19-41(47)42-20-8-12-24-48(42)59)58-54(57-52)60-49-25-13-9-21-43(49)44-22-10-14-26-50(44)60/h1-26,30-31,35-37H,27-29,32-34H2. The SMILES string of the molecule is c1ccc(-c2cc(-c3nc(-n4c5ccccc5c5ccccc54)nc(-n4c5ccccc5c5ccccc54)n3)cc(-c3ccccc3)c2C23CC4CC(CC(C4)C2)C3)cc1. The number of nitrogens with zero attached hydrogens (tertiary/aromatic N) is 5. The van der Waals surface area contributed by atoms with Crippen molar-refractivity contribution in [3.8, 4) is 45.5 Å². The van der Waals surface area contributed by atoms with Gasteiger partial charge in [0.1, 0.15) is 0 Å². The van der Waals surface area contributed by atoms with E-state index in [1.165, 1.54) is 87.9 Å². The average Bonchev–Trinajstić information content (AvgIpc) is 3.82. The van der Waals surface area contributed by atoms with Crippen LogP contribution in [0.5, 0.6) is 0 Å². The van der Waals surface area contributed by atoms with Crippen molar-refractivity contribution >= 4 is 43.6 Å². The molecule has 4 fully saturated rings. The lowest BCUT2D eigenvalue weighted by molar-refractivity contribution is -0.00465. The van der Waals surface area contributed by atoms with Gasteiger partial charge in [-0.25, -0.2) is 0 Å². The van der Waals surface area contributed by atoms with Gasteiger partial charge in [0.15, 0.2) is 5.82 Å². The first-order chi connectivity index (χ1) is 29.7. The summed E-state index contributed by atoms with van der Waals surface area (Å²) in [5, 5.41) is 4.69. The number of rotatable bonds is 6. The van der Waals surface area contributed by atoms with Gasteiger partial charge in [0.25, 0.3) is 0 Å². The zero-order valence-corrected chi connectivity index (χ0v) is 33.4. The highest BCUT2D eigenvalue weighted by molar-refractivity contribution is 6.10. The highest BCUT2D eigenvalue weighted by atomic mass is 15.3. The summed E-state index contributed by atoms with van der Waals surface area (Å²) < 4.78 is 4.46. The topological polar surface area (TPSA) is 48.5 Å². The van der Waals surface area contributed by atoms with Crippen LogP contribution in [0, 0.1) is 17.8 Å². The summed E-state index contributed by atoms with van der Waals surface area (Å²) >= 11 is 0. The molecule has 3 heterocycles. The third kappa shape index (κ3) is 5.14. The fourth-order valence-electron chi connectivity index (χ4n) is 12.4. The third-order valence-electron chi connectivity index (χ3n) is 14.3. The van der Waals surface area contributed by atoms with Crippen molar-refractivity contribution in [2.45, 2.75) is 43.9 Å². The highest BCUT2D eigenvalue weighted by Gasteiger charge is 2.53. The van der Waals surface area contributed by atoms with E-state index in [-0.39, 0.29) is 5.41 Å². The maximum absolute atomic E-state index is 5.54. The Morgan fingerprint density at radius 2 is 0.733 bits per heavy atom. The van der Waals surface area contributed by atoms with Crippen LogP contribution in [0.15, 0.2) is 170 Å². The predicted octanol–water partition coefficient (Wildman–Crippen LogP) is 13.5. The molecule has 0 saturated heterocycles. The van der Waals surface area contributed by atoms with Gasteiger partial charge in [-0.1, -0.05) is 133 Å². The summed E-state index contributed by atoms with van der Waals surface area (Å²) in [6.45, 7) is 0. The van der Waals surface area contributed by atoms with Crippen LogP contribution in [-0.4, -0.2) is 24.1 Å². The van der Waals surface area contributed by atoms with Crippen LogP contribution >= 0.6 is 0 Å². The summed E-state index contributed by atoms with van der Waals surface area (Å²) in [7, 11) is 0. The van der Waals surface area contributed by atoms with E-state index in [0.717, 1.165) is 45.4 Å². The molecule has 14 rings (SSSR count). The van der Waals surface area contributed by atoms with Crippen molar-refractivity contribution in [3.63, 3.8) is 0 Å². The summed E-state index contributed by atoms with van der Waals surface area (Å²) in [6.07, 6.45) is 8.04. The zero-order chi connectivity index (χ0) is 39.4. The molecular weight excluding hydrogens is 731 g/mol. The second kappa shape index (κ2) is 13.1. The second-order valence-electron chi connectivity index (χ2n) is 17.9. The van der Waals surface area contributed by atoms with Gasteiger partial charge in [-0.15, -0.1) is 0 Å². The Balaban J connectivity index is 1.14. The average molecular weight is 774 g/mol. The van der Waals surface area contributed by atoms with Crippen LogP contribution in [0.25, 0.3) is 89.2 Å². The number of benzene rings is 7. The minimum Gasteiger partial charge on any atom is -0.278 e. The van der Waals surface area contributed by atoms with Crippen molar-refractivity contribution < 1.29 is 0 Å². The van der Waals surface area contributed by atoms with Gasteiger partial charge in [-0.2, -0.15) is 15.0 Å². The van der Waals surface area contributed by atoms with Gasteiger partial charge < -0.3 is 0 Å². The van der Waals surface area contributed by atoms with E-state index in [9.17, 15) is 0 Å². The number of hydrogen-bond donors (Lipinski definition) is 0. The molecular formula is C55H43N5. The van der Waals surface area contributed by atoms with Crippen LogP contribution < -0.4 is 0 Å². The smallest absolute Gasteiger partial charge is 0.240 e. The van der Waals surface area contributed by atoms with Crippen LogP contribution in [-0.2, 0) is 5.41 Å². The van der Waals surface area contributed by atoms with Gasteiger partial charge in [0, 0.05) is 27.1 Å². The summed E-state index contributed by atoms with van der Waals surface area (Å²) in [5.41, 5.74) is 12.1. The maximum Gasteiger partial charge on any atom is 0.240 e. The molecule has 4 aliphatic rings. The highest BCUT2D eigenvalue weighted by Crippen LogP contribution is 2.63. The molecule has 5 heteroatoms. The summed E-state index contributed by atoms with van der Waals surface area (Å²) in [4.78, 5) is 16.5. The lowest BCUT2D eigenvalue weighted by Crippen LogP contribution is -2.49. The first-order valence-electron chi connectivity index (χ1n) is 21.7. The van der Waals surface area contributed by atoms with Gasteiger partial charge in [-0.05, 0) is 126 Å². The monoisotopic (exact) mass is 773 g/mol. The first kappa shape index (κ1) is 34.1. The molecule has 0 radical (unpaired) electrons. The van der Waals surface area contributed by atoms with Crippen molar-refractivity contribution in [2.75, 3.05) is 0 Å². The number of para-hydroxylation sites is 4. The Morgan fingerprint density at radius 3 is 1.12 bits per heavy atom. The molecule has 4 aliphatic carbocycles. The Bertz CT molecular complexity index is 2970. The van der Waals surface area contributed by atoms with E-state index in [1.54, 1.807) is 0 Å². The molecule has 0 spiro atoms.